The summed E-state index contributed by atoms with van der Waals surface area (Å²) in [5.74, 6) is 0.279. The Balaban J connectivity index is 2.30. The molecule has 0 heterocycles. The van der Waals surface area contributed by atoms with E-state index in [-0.39, 0.29) is 11.6 Å². The molecule has 0 amide bonds. The van der Waals surface area contributed by atoms with Gasteiger partial charge in [0.15, 0.2) is 0 Å². The van der Waals surface area contributed by atoms with E-state index in [1.54, 1.807) is 0 Å². The summed E-state index contributed by atoms with van der Waals surface area (Å²) in [6, 6.07) is 6.53. The summed E-state index contributed by atoms with van der Waals surface area (Å²) in [5.41, 5.74) is 2.95. The van der Waals surface area contributed by atoms with Gasteiger partial charge in [0, 0.05) is 12.0 Å². The molecule has 0 aliphatic heterocycles. The maximum atomic E-state index is 14.1. The lowest BCUT2D eigenvalue weighted by atomic mass is 9.83. The molecule has 1 aliphatic rings. The van der Waals surface area contributed by atoms with Gasteiger partial charge in [-0.25, -0.2) is 4.39 Å². The summed E-state index contributed by atoms with van der Waals surface area (Å²) >= 11 is 0. The van der Waals surface area contributed by atoms with Gasteiger partial charge in [-0.1, -0.05) is 6.07 Å². The highest BCUT2D eigenvalue weighted by Crippen LogP contribution is 2.38. The van der Waals surface area contributed by atoms with Crippen LogP contribution in [0.2, 0.25) is 0 Å². The lowest BCUT2D eigenvalue weighted by molar-refractivity contribution is 0.102. The molecule has 1 aliphatic carbocycles. The first kappa shape index (κ1) is 13.6. The van der Waals surface area contributed by atoms with Gasteiger partial charge in [-0.15, -0.1) is 0 Å². The fourth-order valence-electron chi connectivity index (χ4n) is 2.89. The fourth-order valence-corrected chi connectivity index (χ4v) is 2.89. The number of hydrogen-bond acceptors (Lipinski definition) is 3. The van der Waals surface area contributed by atoms with E-state index >= 15 is 0 Å². The van der Waals surface area contributed by atoms with Crippen LogP contribution in [0.15, 0.2) is 24.3 Å². The van der Waals surface area contributed by atoms with Crippen LogP contribution in [0.4, 0.5) is 4.39 Å². The maximum absolute atomic E-state index is 14.1. The standard InChI is InChI=1S/C17H15FO3/c1-9-6-10-8-11-12(18)4-5-13(20-2)16(11)17(19)15(10)14(7-9)21-3/h4-7H,8H2,1-3H3. The van der Waals surface area contributed by atoms with Crippen LogP contribution in [0.25, 0.3) is 0 Å². The van der Waals surface area contributed by atoms with E-state index in [1.165, 1.54) is 26.4 Å². The van der Waals surface area contributed by atoms with Crippen molar-refractivity contribution in [2.24, 2.45) is 0 Å². The van der Waals surface area contributed by atoms with Crippen LogP contribution in [0.1, 0.15) is 32.6 Å². The van der Waals surface area contributed by atoms with Crippen molar-refractivity contribution in [3.8, 4) is 11.5 Å². The van der Waals surface area contributed by atoms with E-state index < -0.39 is 0 Å². The predicted molar refractivity (Wildman–Crippen MR) is 76.9 cm³/mol. The summed E-state index contributed by atoms with van der Waals surface area (Å²) in [7, 11) is 3.00. The summed E-state index contributed by atoms with van der Waals surface area (Å²) < 4.78 is 24.6. The van der Waals surface area contributed by atoms with E-state index in [4.69, 9.17) is 9.47 Å². The number of methoxy groups -OCH3 is 2. The predicted octanol–water partition coefficient (Wildman–Crippen LogP) is 3.29. The average Bonchev–Trinajstić information content (AvgIpc) is 2.47. The van der Waals surface area contributed by atoms with Crippen molar-refractivity contribution < 1.29 is 18.7 Å². The molecule has 2 aromatic rings. The minimum atomic E-state index is -0.384. The molecule has 3 nitrogen and oxygen atoms in total. The highest BCUT2D eigenvalue weighted by molar-refractivity contribution is 6.15. The van der Waals surface area contributed by atoms with E-state index in [1.807, 2.05) is 19.1 Å². The molecule has 0 fully saturated rings. The van der Waals surface area contributed by atoms with Gasteiger partial charge in [0.2, 0.25) is 5.78 Å². The molecule has 2 aromatic carbocycles. The van der Waals surface area contributed by atoms with Crippen molar-refractivity contribution in [1.29, 1.82) is 0 Å². The number of halogens is 1. The van der Waals surface area contributed by atoms with Crippen molar-refractivity contribution in [1.82, 2.24) is 0 Å². The van der Waals surface area contributed by atoms with Crippen LogP contribution >= 0.6 is 0 Å². The molecule has 4 heteroatoms. The molecular formula is C17H15FO3. The fraction of sp³-hybridized carbons (Fsp3) is 0.235. The Bertz CT molecular complexity index is 750. The highest BCUT2D eigenvalue weighted by atomic mass is 19.1. The molecule has 0 N–H and O–H groups in total. The van der Waals surface area contributed by atoms with Crippen molar-refractivity contribution >= 4 is 5.78 Å². The average molecular weight is 286 g/mol. The molecule has 0 radical (unpaired) electrons. The Morgan fingerprint density at radius 2 is 1.76 bits per heavy atom. The molecule has 0 saturated heterocycles. The second kappa shape index (κ2) is 4.88. The zero-order valence-corrected chi connectivity index (χ0v) is 12.1. The van der Waals surface area contributed by atoms with Gasteiger partial charge < -0.3 is 9.47 Å². The molecule has 0 atom stereocenters. The minimum Gasteiger partial charge on any atom is -0.496 e. The Kier molecular flexibility index (Phi) is 3.16. The first-order valence-corrected chi connectivity index (χ1v) is 6.64. The van der Waals surface area contributed by atoms with Crippen LogP contribution in [-0.2, 0) is 6.42 Å². The van der Waals surface area contributed by atoms with Crippen molar-refractivity contribution in [3.63, 3.8) is 0 Å². The molecule has 21 heavy (non-hydrogen) atoms. The monoisotopic (exact) mass is 286 g/mol. The largest absolute Gasteiger partial charge is 0.496 e. The third kappa shape index (κ3) is 1.98. The highest BCUT2D eigenvalue weighted by Gasteiger charge is 2.31. The number of benzene rings is 2. The van der Waals surface area contributed by atoms with Crippen LogP contribution in [0.3, 0.4) is 0 Å². The first-order chi connectivity index (χ1) is 10.1. The minimum absolute atomic E-state index is 0.251. The summed E-state index contributed by atoms with van der Waals surface area (Å²) in [6.07, 6.45) is 0.359. The molecule has 0 aromatic heterocycles. The number of rotatable bonds is 2. The summed E-state index contributed by atoms with van der Waals surface area (Å²) in [6.45, 7) is 1.92. The zero-order valence-electron chi connectivity index (χ0n) is 12.1. The molecule has 108 valence electrons. The van der Waals surface area contributed by atoms with E-state index in [9.17, 15) is 9.18 Å². The topological polar surface area (TPSA) is 35.5 Å². The Morgan fingerprint density at radius 3 is 2.43 bits per heavy atom. The van der Waals surface area contributed by atoms with Gasteiger partial charge in [0.05, 0.1) is 25.3 Å². The lowest BCUT2D eigenvalue weighted by Gasteiger charge is -2.23. The Hall–Kier alpha value is -2.36. The van der Waals surface area contributed by atoms with Crippen LogP contribution in [-0.4, -0.2) is 20.0 Å². The molecule has 0 spiro atoms. The normalized spacial score (nSPS) is 12.7. The zero-order chi connectivity index (χ0) is 15.1. The van der Waals surface area contributed by atoms with Gasteiger partial charge in [0.25, 0.3) is 0 Å². The van der Waals surface area contributed by atoms with Crippen molar-refractivity contribution in [2.45, 2.75) is 13.3 Å². The quantitative estimate of drug-likeness (QED) is 0.725. The van der Waals surface area contributed by atoms with Gasteiger partial charge in [-0.05, 0) is 36.2 Å². The number of ketones is 1. The number of fused-ring (bicyclic) bond motifs is 2. The summed E-state index contributed by atoms with van der Waals surface area (Å²) in [4.78, 5) is 12.8. The van der Waals surface area contributed by atoms with Gasteiger partial charge in [-0.2, -0.15) is 0 Å². The van der Waals surface area contributed by atoms with Gasteiger partial charge in [-0.3, -0.25) is 4.79 Å². The third-order valence-corrected chi connectivity index (χ3v) is 3.81. The molecule has 0 unspecified atom stereocenters. The van der Waals surface area contributed by atoms with E-state index in [0.29, 0.717) is 34.6 Å². The van der Waals surface area contributed by atoms with Crippen LogP contribution in [0.5, 0.6) is 11.5 Å². The number of carbonyl (C=O) groups is 1. The number of aryl methyl sites for hydroxylation is 1. The molecule has 0 bridgehead atoms. The van der Waals surface area contributed by atoms with Crippen molar-refractivity contribution in [2.75, 3.05) is 14.2 Å². The Morgan fingerprint density at radius 1 is 1.05 bits per heavy atom. The number of carbonyl (C=O) groups excluding carboxylic acids is 1. The van der Waals surface area contributed by atoms with E-state index in [0.717, 1.165) is 11.1 Å². The number of ether oxygens (including phenoxy) is 2. The third-order valence-electron chi connectivity index (χ3n) is 3.81. The van der Waals surface area contributed by atoms with Crippen LogP contribution < -0.4 is 9.47 Å². The van der Waals surface area contributed by atoms with Crippen LogP contribution in [0, 0.1) is 12.7 Å². The first-order valence-electron chi connectivity index (χ1n) is 6.64. The second-order valence-electron chi connectivity index (χ2n) is 5.11. The second-order valence-corrected chi connectivity index (χ2v) is 5.11. The molecular weight excluding hydrogens is 271 g/mol. The maximum Gasteiger partial charge on any atom is 0.201 e. The molecule has 3 rings (SSSR count). The van der Waals surface area contributed by atoms with Crippen molar-refractivity contribution in [3.05, 3.63) is 57.9 Å². The van der Waals surface area contributed by atoms with E-state index in [2.05, 4.69) is 0 Å². The van der Waals surface area contributed by atoms with Gasteiger partial charge in [0.1, 0.15) is 17.3 Å². The smallest absolute Gasteiger partial charge is 0.201 e. The SMILES string of the molecule is COc1cc(C)cc2c1C(=O)c1c(OC)ccc(F)c1C2. The lowest BCUT2D eigenvalue weighted by Crippen LogP contribution is -2.19. The molecule has 0 saturated carbocycles. The van der Waals surface area contributed by atoms with Gasteiger partial charge >= 0.3 is 0 Å². The number of hydrogen-bond donors (Lipinski definition) is 0. The summed E-state index contributed by atoms with van der Waals surface area (Å²) in [5, 5.41) is 0. The Labute approximate surface area is 122 Å².